The minimum absolute atomic E-state index is 0. The molecule has 0 amide bonds. The van der Waals surface area contributed by atoms with Crippen LogP contribution in [0.25, 0.3) is 10.9 Å². The van der Waals surface area contributed by atoms with Crippen LogP contribution in [0.2, 0.25) is 0 Å². The van der Waals surface area contributed by atoms with Crippen LogP contribution in [0.1, 0.15) is 30.6 Å². The first-order valence-corrected chi connectivity index (χ1v) is 7.87. The van der Waals surface area contributed by atoms with E-state index in [1.807, 2.05) is 0 Å². The second-order valence-corrected chi connectivity index (χ2v) is 6.30. The van der Waals surface area contributed by atoms with E-state index < -0.39 is 10.1 Å². The number of aromatic nitrogens is 2. The molecule has 2 aromatic rings. The Hall–Kier alpha value is -2.22. The van der Waals surface area contributed by atoms with Crippen molar-refractivity contribution in [3.63, 3.8) is 0 Å². The number of ketones is 1. The number of carbonyl (C=O) groups excluding carboxylic acids is 1. The summed E-state index contributed by atoms with van der Waals surface area (Å²) in [5, 5.41) is 0.635. The van der Waals surface area contributed by atoms with Crippen molar-refractivity contribution in [1.82, 2.24) is 9.97 Å². The van der Waals surface area contributed by atoms with E-state index in [2.05, 4.69) is 9.97 Å². The van der Waals surface area contributed by atoms with Gasteiger partial charge >= 0.3 is 10.1 Å². The number of methoxy groups -OCH3 is 1. The Bertz CT molecular complexity index is 832. The summed E-state index contributed by atoms with van der Waals surface area (Å²) in [5.74, 6) is -0.364. The molecule has 8 heteroatoms. The van der Waals surface area contributed by atoms with Gasteiger partial charge in [0.2, 0.25) is 11.8 Å². The zero-order chi connectivity index (χ0) is 15.0. The lowest BCUT2D eigenvalue weighted by atomic mass is 10.1. The van der Waals surface area contributed by atoms with Crippen molar-refractivity contribution in [2.24, 2.45) is 0 Å². The fourth-order valence-electron chi connectivity index (χ4n) is 2.18. The maximum atomic E-state index is 12.1. The summed E-state index contributed by atoms with van der Waals surface area (Å²) in [6, 6.07) is 3.23. The van der Waals surface area contributed by atoms with Gasteiger partial charge in [-0.2, -0.15) is 8.42 Å². The molecule has 3 heterocycles. The largest absolute Gasteiger partial charge is 0.479 e. The molecule has 0 N–H and O–H groups in total. The summed E-state index contributed by atoms with van der Waals surface area (Å²) in [4.78, 5) is 20.2. The summed E-state index contributed by atoms with van der Waals surface area (Å²) >= 11 is 0. The normalized spacial score (nSPS) is 16.7. The minimum Gasteiger partial charge on any atom is -0.479 e. The smallest absolute Gasteiger partial charge is 0.310 e. The van der Waals surface area contributed by atoms with Crippen molar-refractivity contribution < 1.29 is 22.1 Å². The van der Waals surface area contributed by atoms with Gasteiger partial charge in [0.1, 0.15) is 5.52 Å². The van der Waals surface area contributed by atoms with Crippen molar-refractivity contribution in [3.8, 4) is 11.8 Å². The number of rotatable bonds is 1. The van der Waals surface area contributed by atoms with E-state index in [4.69, 9.17) is 8.92 Å². The highest BCUT2D eigenvalue weighted by molar-refractivity contribution is 7.87. The Morgan fingerprint density at radius 1 is 1.36 bits per heavy atom. The molecule has 1 aliphatic rings. The number of Topliss-reactive ketones (excluding diaryl/α,β-unsaturated/α-hetero) is 1. The van der Waals surface area contributed by atoms with Crippen molar-refractivity contribution in [2.75, 3.05) is 12.9 Å². The first kappa shape index (κ1) is 16.2. The van der Waals surface area contributed by atoms with Gasteiger partial charge in [0.05, 0.1) is 18.4 Å². The lowest BCUT2D eigenvalue weighted by molar-refractivity contribution is 0.0978. The summed E-state index contributed by atoms with van der Waals surface area (Å²) in [6.45, 7) is 0. The number of pyridine rings is 2. The Labute approximate surface area is 128 Å². The molecule has 0 radical (unpaired) electrons. The van der Waals surface area contributed by atoms with Crippen LogP contribution in [-0.4, -0.2) is 37.0 Å². The van der Waals surface area contributed by atoms with Crippen LogP contribution in [0, 0.1) is 0 Å². The van der Waals surface area contributed by atoms with Crippen molar-refractivity contribution in [3.05, 3.63) is 23.9 Å². The van der Waals surface area contributed by atoms with Crippen molar-refractivity contribution in [1.29, 1.82) is 0 Å². The maximum Gasteiger partial charge on any atom is 0.310 e. The molecule has 0 aromatic carbocycles. The van der Waals surface area contributed by atoms with Gasteiger partial charge in [-0.05, 0) is 18.6 Å². The lowest BCUT2D eigenvalue weighted by Crippen LogP contribution is -2.20. The zero-order valence-corrected chi connectivity index (χ0v) is 12.0. The molecule has 0 fully saturated rings. The van der Waals surface area contributed by atoms with Crippen LogP contribution in [0.3, 0.4) is 0 Å². The molecule has 0 saturated carbocycles. The topological polar surface area (TPSA) is 95.5 Å². The van der Waals surface area contributed by atoms with Gasteiger partial charge in [-0.15, -0.1) is 0 Å². The van der Waals surface area contributed by atoms with Crippen LogP contribution < -0.4 is 8.92 Å². The summed E-state index contributed by atoms with van der Waals surface area (Å²) in [7, 11) is -2.31. The van der Waals surface area contributed by atoms with Crippen LogP contribution in [0.5, 0.6) is 11.8 Å². The number of carbonyl (C=O) groups is 1. The number of ether oxygens (including phenoxy) is 1. The van der Waals surface area contributed by atoms with Gasteiger partial charge in [-0.3, -0.25) is 4.79 Å². The second kappa shape index (κ2) is 5.88. The molecular formula is C14H16N2O5S. The molecule has 0 atom stereocenters. The molecule has 0 unspecified atom stereocenters. The van der Waals surface area contributed by atoms with Gasteiger partial charge in [0.15, 0.2) is 5.78 Å². The third-order valence-electron chi connectivity index (χ3n) is 3.16. The average Bonchev–Trinajstić information content (AvgIpc) is 2.44. The molecule has 0 saturated heterocycles. The van der Waals surface area contributed by atoms with Crippen LogP contribution in [0.4, 0.5) is 0 Å². The quantitative estimate of drug-likeness (QED) is 0.740. The Morgan fingerprint density at radius 3 is 2.86 bits per heavy atom. The molecule has 2 aromatic heterocycles. The SMILES string of the molecule is C.COc1nccc2cc3c(nc12)OS(=O)(=O)CCCC3=O. The van der Waals surface area contributed by atoms with Crippen LogP contribution >= 0.6 is 0 Å². The molecule has 0 bridgehead atoms. The zero-order valence-electron chi connectivity index (χ0n) is 11.2. The lowest BCUT2D eigenvalue weighted by Gasteiger charge is -2.14. The van der Waals surface area contributed by atoms with Crippen LogP contribution in [-0.2, 0) is 10.1 Å². The predicted molar refractivity (Wildman–Crippen MR) is 80.8 cm³/mol. The van der Waals surface area contributed by atoms with Crippen molar-refractivity contribution in [2.45, 2.75) is 20.3 Å². The van der Waals surface area contributed by atoms with Crippen molar-refractivity contribution >= 4 is 26.8 Å². The van der Waals surface area contributed by atoms with E-state index in [1.54, 1.807) is 12.1 Å². The fraction of sp³-hybridized carbons (Fsp3) is 0.357. The van der Waals surface area contributed by atoms with E-state index in [0.29, 0.717) is 10.9 Å². The summed E-state index contributed by atoms with van der Waals surface area (Å²) in [6.07, 6.45) is 1.91. The average molecular weight is 324 g/mol. The molecule has 22 heavy (non-hydrogen) atoms. The maximum absolute atomic E-state index is 12.1. The third kappa shape index (κ3) is 2.87. The highest BCUT2D eigenvalue weighted by Gasteiger charge is 2.25. The monoisotopic (exact) mass is 324 g/mol. The number of fused-ring (bicyclic) bond motifs is 2. The van der Waals surface area contributed by atoms with Gasteiger partial charge in [-0.25, -0.2) is 9.97 Å². The first-order chi connectivity index (χ1) is 10.00. The number of hydrogen-bond acceptors (Lipinski definition) is 7. The molecule has 3 rings (SSSR count). The van der Waals surface area contributed by atoms with Gasteiger partial charge in [0, 0.05) is 18.0 Å². The second-order valence-electron chi connectivity index (χ2n) is 4.60. The van der Waals surface area contributed by atoms with E-state index in [0.717, 1.165) is 0 Å². The van der Waals surface area contributed by atoms with Gasteiger partial charge in [-0.1, -0.05) is 7.43 Å². The molecule has 1 aliphatic heterocycles. The standard InChI is InChI=1S/C13H12N2O5S.CH4/c1-19-13-11-8(4-5-14-13)7-9-10(16)3-2-6-21(17,18)20-12(9)15-11;/h4-5,7H,2-3,6H2,1H3;1H4. The molecule has 0 aliphatic carbocycles. The first-order valence-electron chi connectivity index (χ1n) is 6.29. The van der Waals surface area contributed by atoms with E-state index in [-0.39, 0.29) is 49.1 Å². The third-order valence-corrected chi connectivity index (χ3v) is 4.36. The minimum atomic E-state index is -3.74. The predicted octanol–water partition coefficient (Wildman–Crippen LogP) is 1.96. The highest BCUT2D eigenvalue weighted by atomic mass is 32.2. The van der Waals surface area contributed by atoms with Gasteiger partial charge in [0.25, 0.3) is 0 Å². The number of nitrogens with zero attached hydrogens (tertiary/aromatic N) is 2. The fourth-order valence-corrected chi connectivity index (χ4v) is 3.12. The Kier molecular flexibility index (Phi) is 4.32. The Morgan fingerprint density at radius 2 is 2.14 bits per heavy atom. The number of hydrogen-bond donors (Lipinski definition) is 0. The molecular weight excluding hydrogens is 308 g/mol. The van der Waals surface area contributed by atoms with Crippen LogP contribution in [0.15, 0.2) is 18.3 Å². The molecule has 0 spiro atoms. The summed E-state index contributed by atoms with van der Waals surface area (Å²) in [5.41, 5.74) is 0.515. The van der Waals surface area contributed by atoms with E-state index in [1.165, 1.54) is 13.3 Å². The van der Waals surface area contributed by atoms with E-state index >= 15 is 0 Å². The highest BCUT2D eigenvalue weighted by Crippen LogP contribution is 2.30. The summed E-state index contributed by atoms with van der Waals surface area (Å²) < 4.78 is 33.6. The van der Waals surface area contributed by atoms with Gasteiger partial charge < -0.3 is 8.92 Å². The van der Waals surface area contributed by atoms with E-state index in [9.17, 15) is 13.2 Å². The molecule has 118 valence electrons. The molecule has 7 nitrogen and oxygen atoms in total. The Balaban J connectivity index is 0.00000176.